The van der Waals surface area contributed by atoms with E-state index < -0.39 is 27.4 Å². The number of thioether (sulfide) groups is 1. The van der Waals surface area contributed by atoms with Gasteiger partial charge in [0.1, 0.15) is 11.8 Å². The molecule has 1 N–H and O–H groups in total. The molecule has 3 amide bonds. The summed E-state index contributed by atoms with van der Waals surface area (Å²) in [6, 6.07) is 16.3. The first-order valence-electron chi connectivity index (χ1n) is 14.9. The lowest BCUT2D eigenvalue weighted by Gasteiger charge is -2.38. The van der Waals surface area contributed by atoms with E-state index in [-0.39, 0.29) is 37.4 Å². The molecular formula is C34H41N3O5S. The topological polar surface area (TPSA) is 90.4 Å². The minimum Gasteiger partial charge on any atom is -0.497 e. The number of hydrogen-bond acceptors (Lipinski definition) is 6. The van der Waals surface area contributed by atoms with Crippen molar-refractivity contribution in [2.75, 3.05) is 38.3 Å². The molecule has 5 rings (SSSR count). The molecule has 43 heavy (non-hydrogen) atoms. The Bertz CT molecular complexity index is 1370. The Morgan fingerprint density at radius 1 is 1.07 bits per heavy atom. The van der Waals surface area contributed by atoms with Gasteiger partial charge in [-0.15, -0.1) is 24.9 Å². The summed E-state index contributed by atoms with van der Waals surface area (Å²) < 4.78 is 4.07. The van der Waals surface area contributed by atoms with Gasteiger partial charge in [-0.3, -0.25) is 14.4 Å². The number of aliphatic hydroxyl groups is 1. The quantitative estimate of drug-likeness (QED) is 0.344. The summed E-state index contributed by atoms with van der Waals surface area (Å²) in [5, 5.41) is 9.71. The van der Waals surface area contributed by atoms with Crippen LogP contribution in [0.4, 0.5) is 5.69 Å². The van der Waals surface area contributed by atoms with Crippen LogP contribution in [0, 0.1) is 11.8 Å². The molecule has 0 aliphatic carbocycles. The molecule has 1 spiro atoms. The van der Waals surface area contributed by atoms with Gasteiger partial charge in [0.05, 0.1) is 23.7 Å². The Labute approximate surface area is 258 Å². The second-order valence-corrected chi connectivity index (χ2v) is 13.7. The monoisotopic (exact) mass is 603 g/mol. The second kappa shape index (κ2) is 12.6. The summed E-state index contributed by atoms with van der Waals surface area (Å²) in [4.78, 5) is 48.7. The van der Waals surface area contributed by atoms with Gasteiger partial charge < -0.3 is 24.5 Å². The highest BCUT2D eigenvalue weighted by Gasteiger charge is 2.77. The fraction of sp³-hybridized carbons (Fsp3) is 0.441. The predicted molar refractivity (Wildman–Crippen MR) is 170 cm³/mol. The van der Waals surface area contributed by atoms with Gasteiger partial charge in [-0.2, -0.15) is 0 Å². The number of benzene rings is 2. The van der Waals surface area contributed by atoms with Gasteiger partial charge in [0.2, 0.25) is 11.8 Å². The molecule has 3 aliphatic rings. The molecular weight excluding hydrogens is 562 g/mol. The number of fused-ring (bicyclic) bond motifs is 1. The van der Waals surface area contributed by atoms with Gasteiger partial charge >= 0.3 is 0 Å². The van der Waals surface area contributed by atoms with Gasteiger partial charge in [0.25, 0.3) is 5.91 Å². The third-order valence-electron chi connectivity index (χ3n) is 9.17. The Morgan fingerprint density at radius 2 is 1.77 bits per heavy atom. The van der Waals surface area contributed by atoms with E-state index in [1.807, 2.05) is 42.5 Å². The number of anilines is 1. The first-order chi connectivity index (χ1) is 20.7. The van der Waals surface area contributed by atoms with E-state index in [9.17, 15) is 19.5 Å². The number of rotatable bonds is 13. The van der Waals surface area contributed by atoms with E-state index in [4.69, 9.17) is 4.74 Å². The molecule has 2 aromatic carbocycles. The average molecular weight is 604 g/mol. The molecule has 3 fully saturated rings. The van der Waals surface area contributed by atoms with Crippen LogP contribution in [-0.4, -0.2) is 81.5 Å². The van der Waals surface area contributed by atoms with Gasteiger partial charge in [-0.1, -0.05) is 42.5 Å². The second-order valence-electron chi connectivity index (χ2n) is 11.8. The minimum atomic E-state index is -0.773. The van der Waals surface area contributed by atoms with Crippen molar-refractivity contribution in [2.45, 2.75) is 48.3 Å². The molecule has 0 radical (unpaired) electrons. The van der Waals surface area contributed by atoms with Crippen LogP contribution in [0.25, 0.3) is 0 Å². The zero-order valence-corrected chi connectivity index (χ0v) is 25.8. The summed E-state index contributed by atoms with van der Waals surface area (Å²) in [7, 11) is 1.59. The third kappa shape index (κ3) is 5.38. The Balaban J connectivity index is 1.54. The SMILES string of the molecule is C=CCN(Cc1ccccc1)C(=O)[C@H]1[C@H]2C(=O)N(CCCO)C(C(=O)N(CC=C)c3ccc(OC)cc3)C23CC[C@]1(C)S3. The van der Waals surface area contributed by atoms with Crippen LogP contribution in [0.1, 0.15) is 31.7 Å². The van der Waals surface area contributed by atoms with E-state index in [0.717, 1.165) is 12.0 Å². The molecule has 9 heteroatoms. The number of carbonyl (C=O) groups is 3. The number of nitrogens with zero attached hydrogens (tertiary/aromatic N) is 3. The number of aliphatic hydroxyl groups excluding tert-OH is 1. The number of ether oxygens (including phenoxy) is 1. The van der Waals surface area contributed by atoms with E-state index in [2.05, 4.69) is 20.1 Å². The maximum absolute atomic E-state index is 14.7. The molecule has 2 bridgehead atoms. The van der Waals surface area contributed by atoms with Crippen LogP contribution < -0.4 is 9.64 Å². The zero-order chi connectivity index (χ0) is 30.8. The van der Waals surface area contributed by atoms with Crippen molar-refractivity contribution in [2.24, 2.45) is 11.8 Å². The predicted octanol–water partition coefficient (Wildman–Crippen LogP) is 4.29. The van der Waals surface area contributed by atoms with E-state index in [1.54, 1.807) is 57.9 Å². The Kier molecular flexibility index (Phi) is 9.04. The molecule has 8 nitrogen and oxygen atoms in total. The van der Waals surface area contributed by atoms with Crippen molar-refractivity contribution in [1.29, 1.82) is 0 Å². The molecule has 3 heterocycles. The molecule has 0 aromatic heterocycles. The summed E-state index contributed by atoms with van der Waals surface area (Å²) in [6.07, 6.45) is 5.13. The molecule has 0 saturated carbocycles. The highest BCUT2D eigenvalue weighted by Crippen LogP contribution is 2.71. The normalized spacial score (nSPS) is 27.1. The first kappa shape index (κ1) is 30.9. The van der Waals surface area contributed by atoms with Gasteiger partial charge in [-0.05, 0) is 56.0 Å². The molecule has 2 unspecified atom stereocenters. The number of amides is 3. The molecule has 5 atom stereocenters. The lowest BCUT2D eigenvalue weighted by atomic mass is 9.66. The van der Waals surface area contributed by atoms with Crippen molar-refractivity contribution < 1.29 is 24.2 Å². The van der Waals surface area contributed by atoms with Crippen LogP contribution in [0.3, 0.4) is 0 Å². The molecule has 3 saturated heterocycles. The van der Waals surface area contributed by atoms with E-state index in [1.165, 1.54) is 0 Å². The van der Waals surface area contributed by atoms with Crippen LogP contribution in [0.15, 0.2) is 79.9 Å². The van der Waals surface area contributed by atoms with Crippen molar-refractivity contribution in [1.82, 2.24) is 9.80 Å². The van der Waals surface area contributed by atoms with Crippen molar-refractivity contribution in [3.8, 4) is 5.75 Å². The lowest BCUT2D eigenvalue weighted by Crippen LogP contribution is -2.55. The highest BCUT2D eigenvalue weighted by molar-refractivity contribution is 8.02. The van der Waals surface area contributed by atoms with Crippen LogP contribution >= 0.6 is 11.8 Å². The van der Waals surface area contributed by atoms with Crippen LogP contribution in [0.2, 0.25) is 0 Å². The van der Waals surface area contributed by atoms with Gasteiger partial charge in [0.15, 0.2) is 0 Å². The lowest BCUT2D eigenvalue weighted by molar-refractivity contribution is -0.145. The molecule has 2 aromatic rings. The average Bonchev–Trinajstić information content (AvgIpc) is 3.59. The fourth-order valence-electron chi connectivity index (χ4n) is 7.31. The maximum Gasteiger partial charge on any atom is 0.251 e. The summed E-state index contributed by atoms with van der Waals surface area (Å²) >= 11 is 1.65. The summed E-state index contributed by atoms with van der Waals surface area (Å²) in [5.74, 6) is -0.991. The smallest absolute Gasteiger partial charge is 0.251 e. The fourth-order valence-corrected chi connectivity index (χ4v) is 9.66. The Hall–Kier alpha value is -3.56. The van der Waals surface area contributed by atoms with Crippen molar-refractivity contribution in [3.63, 3.8) is 0 Å². The van der Waals surface area contributed by atoms with Crippen LogP contribution in [-0.2, 0) is 20.9 Å². The first-order valence-corrected chi connectivity index (χ1v) is 15.7. The van der Waals surface area contributed by atoms with E-state index in [0.29, 0.717) is 37.4 Å². The van der Waals surface area contributed by atoms with Gasteiger partial charge in [0, 0.05) is 43.2 Å². The molecule has 228 valence electrons. The standard InChI is InChI=1S/C34H41N3O5S/c1-5-19-35(23-24-11-8-7-9-12-24)30(39)27-28-31(40)37(21-10-22-38)29(34(28)18-17-33(27,3)43-34)32(41)36(20-6-2)25-13-15-26(42-4)16-14-25/h5-9,11-16,27-29,38H,1-2,10,17-23H2,3-4H3/t27-,28+,29?,33+,34?/m1/s1. The number of carbonyl (C=O) groups excluding carboxylic acids is 3. The minimum absolute atomic E-state index is 0.0769. The van der Waals surface area contributed by atoms with Crippen molar-refractivity contribution >= 4 is 35.2 Å². The third-order valence-corrected chi connectivity index (χ3v) is 11.2. The van der Waals surface area contributed by atoms with Crippen LogP contribution in [0.5, 0.6) is 5.75 Å². The maximum atomic E-state index is 14.7. The van der Waals surface area contributed by atoms with Gasteiger partial charge in [-0.25, -0.2) is 0 Å². The van der Waals surface area contributed by atoms with Crippen molar-refractivity contribution in [3.05, 3.63) is 85.5 Å². The summed E-state index contributed by atoms with van der Waals surface area (Å²) in [6.45, 7) is 11.0. The summed E-state index contributed by atoms with van der Waals surface area (Å²) in [5.41, 5.74) is 1.68. The number of hydrogen-bond donors (Lipinski definition) is 1. The van der Waals surface area contributed by atoms with E-state index >= 15 is 0 Å². The largest absolute Gasteiger partial charge is 0.497 e. The Morgan fingerprint density at radius 3 is 2.40 bits per heavy atom. The highest BCUT2D eigenvalue weighted by atomic mass is 32.2. The number of likely N-dealkylation sites (tertiary alicyclic amines) is 1. The number of methoxy groups -OCH3 is 1. The zero-order valence-electron chi connectivity index (χ0n) is 25.0. The molecule has 3 aliphatic heterocycles.